The van der Waals surface area contributed by atoms with Crippen LogP contribution in [0.15, 0.2) is 62.7 Å². The van der Waals surface area contributed by atoms with E-state index in [1.54, 1.807) is 48.5 Å². The van der Waals surface area contributed by atoms with E-state index < -0.39 is 11.6 Å². The second-order valence-electron chi connectivity index (χ2n) is 4.39. The number of rotatable bonds is 2. The van der Waals surface area contributed by atoms with Gasteiger partial charge in [-0.05, 0) is 30.3 Å². The number of hydrogen-bond acceptors (Lipinski definition) is 4. The molecule has 4 nitrogen and oxygen atoms in total. The molecular weight excluding hydrogens is 290 g/mol. The molecule has 0 bridgehead atoms. The quantitative estimate of drug-likeness (QED) is 0.730. The molecule has 0 aliphatic carbocycles. The maximum Gasteiger partial charge on any atom is 0.346 e. The summed E-state index contributed by atoms with van der Waals surface area (Å²) in [5.74, 6) is -0.448. The highest BCUT2D eigenvalue weighted by atomic mass is 35.5. The first-order valence-electron chi connectivity index (χ1n) is 6.19. The fraction of sp³-hybridized carbons (Fsp3) is 0. The summed E-state index contributed by atoms with van der Waals surface area (Å²) in [6.07, 6.45) is 1.46. The van der Waals surface area contributed by atoms with Crippen LogP contribution in [0.4, 0.5) is 5.69 Å². The number of halogens is 1. The van der Waals surface area contributed by atoms with Crippen molar-refractivity contribution in [2.75, 3.05) is 0 Å². The zero-order valence-electron chi connectivity index (χ0n) is 10.8. The Labute approximate surface area is 124 Å². The second kappa shape index (κ2) is 5.42. The van der Waals surface area contributed by atoms with Gasteiger partial charge in [-0.15, -0.1) is 0 Å². The van der Waals surface area contributed by atoms with Crippen LogP contribution in [-0.4, -0.2) is 11.3 Å². The molecule has 5 heteroatoms. The summed E-state index contributed by atoms with van der Waals surface area (Å²) in [6, 6.07) is 13.8. The molecule has 2 aromatic carbocycles. The van der Waals surface area contributed by atoms with Gasteiger partial charge in [0, 0.05) is 16.6 Å². The lowest BCUT2D eigenvalue weighted by Crippen LogP contribution is -2.01. The van der Waals surface area contributed by atoms with Crippen LogP contribution in [0.1, 0.15) is 5.56 Å². The van der Waals surface area contributed by atoms with Gasteiger partial charge in [0.1, 0.15) is 0 Å². The number of aliphatic imine (C=N–C) groups is 1. The molecule has 0 atom stereocenters. The first kappa shape index (κ1) is 13.4. The van der Waals surface area contributed by atoms with Crippen molar-refractivity contribution in [1.29, 1.82) is 0 Å². The fourth-order valence-corrected chi connectivity index (χ4v) is 2.13. The van der Waals surface area contributed by atoms with Crippen LogP contribution in [0, 0.1) is 0 Å². The Balaban J connectivity index is 2.12. The predicted molar refractivity (Wildman–Crippen MR) is 82.9 cm³/mol. The third-order valence-corrected chi connectivity index (χ3v) is 3.28. The number of hydrogen-bond donors (Lipinski definition) is 1. The third kappa shape index (κ3) is 2.66. The molecule has 0 fully saturated rings. The van der Waals surface area contributed by atoms with Gasteiger partial charge in [-0.3, -0.25) is 4.99 Å². The van der Waals surface area contributed by atoms with Crippen molar-refractivity contribution in [1.82, 2.24) is 0 Å². The molecule has 1 heterocycles. The standard InChI is InChI=1S/C16H10ClNO3/c17-10-5-7-11(8-6-10)18-9-14-12-3-1-2-4-13(12)15(19)21-16(14)20/h1-9,20H. The van der Waals surface area contributed by atoms with Crippen molar-refractivity contribution in [2.24, 2.45) is 4.99 Å². The normalized spacial score (nSPS) is 11.3. The molecule has 104 valence electrons. The highest BCUT2D eigenvalue weighted by Crippen LogP contribution is 2.24. The average molecular weight is 300 g/mol. The summed E-state index contributed by atoms with van der Waals surface area (Å²) in [6.45, 7) is 0. The van der Waals surface area contributed by atoms with Gasteiger partial charge in [0.2, 0.25) is 0 Å². The Bertz CT molecular complexity index is 882. The van der Waals surface area contributed by atoms with Crippen molar-refractivity contribution >= 4 is 34.3 Å². The molecule has 1 N–H and O–H groups in total. The van der Waals surface area contributed by atoms with Crippen LogP contribution in [0.3, 0.4) is 0 Å². The number of benzene rings is 2. The fourth-order valence-electron chi connectivity index (χ4n) is 2.00. The first-order chi connectivity index (χ1) is 10.1. The minimum Gasteiger partial charge on any atom is -0.480 e. The van der Waals surface area contributed by atoms with E-state index in [1.807, 2.05) is 0 Å². The van der Waals surface area contributed by atoms with Crippen LogP contribution in [0.2, 0.25) is 5.02 Å². The third-order valence-electron chi connectivity index (χ3n) is 3.03. The number of nitrogens with zero attached hydrogens (tertiary/aromatic N) is 1. The van der Waals surface area contributed by atoms with E-state index in [1.165, 1.54) is 6.21 Å². The highest BCUT2D eigenvalue weighted by molar-refractivity contribution is 6.30. The van der Waals surface area contributed by atoms with Crippen LogP contribution < -0.4 is 5.63 Å². The van der Waals surface area contributed by atoms with Gasteiger partial charge >= 0.3 is 5.63 Å². The summed E-state index contributed by atoms with van der Waals surface area (Å²) in [4.78, 5) is 15.9. The van der Waals surface area contributed by atoms with Crippen molar-refractivity contribution in [3.05, 3.63) is 69.5 Å². The van der Waals surface area contributed by atoms with Crippen molar-refractivity contribution in [3.63, 3.8) is 0 Å². The van der Waals surface area contributed by atoms with Crippen LogP contribution in [0.25, 0.3) is 10.8 Å². The molecule has 0 unspecified atom stereocenters. The summed E-state index contributed by atoms with van der Waals surface area (Å²) < 4.78 is 4.82. The molecule has 0 radical (unpaired) electrons. The SMILES string of the molecule is O=c1oc(O)c(C=Nc2ccc(Cl)cc2)c2ccccc12. The lowest BCUT2D eigenvalue weighted by atomic mass is 10.1. The molecule has 1 aromatic heterocycles. The van der Waals surface area contributed by atoms with Gasteiger partial charge in [0.25, 0.3) is 5.95 Å². The zero-order valence-corrected chi connectivity index (χ0v) is 11.5. The van der Waals surface area contributed by atoms with Crippen molar-refractivity contribution in [2.45, 2.75) is 0 Å². The van der Waals surface area contributed by atoms with Crippen molar-refractivity contribution < 1.29 is 9.52 Å². The Hall–Kier alpha value is -2.59. The average Bonchev–Trinajstić information content (AvgIpc) is 2.49. The Morgan fingerprint density at radius 3 is 2.43 bits per heavy atom. The molecule has 0 aliphatic heterocycles. The Kier molecular flexibility index (Phi) is 3.46. The Morgan fingerprint density at radius 2 is 1.71 bits per heavy atom. The number of aromatic hydroxyl groups is 1. The maximum absolute atomic E-state index is 11.7. The minimum absolute atomic E-state index is 0.361. The molecule has 3 rings (SSSR count). The van der Waals surface area contributed by atoms with E-state index in [9.17, 15) is 9.90 Å². The van der Waals surface area contributed by atoms with Gasteiger partial charge in [0.05, 0.1) is 16.6 Å². The molecular formula is C16H10ClNO3. The van der Waals surface area contributed by atoms with Gasteiger partial charge in [0.15, 0.2) is 0 Å². The summed E-state index contributed by atoms with van der Waals surface area (Å²) >= 11 is 5.81. The van der Waals surface area contributed by atoms with E-state index in [4.69, 9.17) is 16.0 Å². The van der Waals surface area contributed by atoms with Crippen LogP contribution >= 0.6 is 11.6 Å². The van der Waals surface area contributed by atoms with E-state index in [-0.39, 0.29) is 0 Å². The Morgan fingerprint density at radius 1 is 1.05 bits per heavy atom. The minimum atomic E-state index is -0.577. The molecule has 0 spiro atoms. The summed E-state index contributed by atoms with van der Waals surface area (Å²) in [5.41, 5.74) is 0.459. The molecule has 21 heavy (non-hydrogen) atoms. The lowest BCUT2D eigenvalue weighted by molar-refractivity contribution is 0.312. The van der Waals surface area contributed by atoms with Crippen LogP contribution in [-0.2, 0) is 0 Å². The molecule has 0 aliphatic rings. The number of fused-ring (bicyclic) bond motifs is 1. The van der Waals surface area contributed by atoms with E-state index in [2.05, 4.69) is 4.99 Å². The van der Waals surface area contributed by atoms with Gasteiger partial charge in [-0.25, -0.2) is 4.79 Å². The topological polar surface area (TPSA) is 62.8 Å². The zero-order chi connectivity index (χ0) is 14.8. The smallest absolute Gasteiger partial charge is 0.346 e. The molecule has 0 saturated carbocycles. The lowest BCUT2D eigenvalue weighted by Gasteiger charge is -2.02. The highest BCUT2D eigenvalue weighted by Gasteiger charge is 2.10. The maximum atomic E-state index is 11.7. The molecule has 0 amide bonds. The van der Waals surface area contributed by atoms with Crippen molar-refractivity contribution in [3.8, 4) is 5.95 Å². The van der Waals surface area contributed by atoms with Gasteiger partial charge in [-0.2, -0.15) is 0 Å². The van der Waals surface area contributed by atoms with Gasteiger partial charge < -0.3 is 9.52 Å². The summed E-state index contributed by atoms with van der Waals surface area (Å²) in [7, 11) is 0. The predicted octanol–water partition coefficient (Wildman–Crippen LogP) is 3.90. The first-order valence-corrected chi connectivity index (χ1v) is 6.57. The van der Waals surface area contributed by atoms with Crippen LogP contribution in [0.5, 0.6) is 5.95 Å². The molecule has 0 saturated heterocycles. The van der Waals surface area contributed by atoms with E-state index in [0.29, 0.717) is 27.0 Å². The largest absolute Gasteiger partial charge is 0.480 e. The summed E-state index contributed by atoms with van der Waals surface area (Å²) in [5, 5.41) is 11.4. The van der Waals surface area contributed by atoms with E-state index >= 15 is 0 Å². The van der Waals surface area contributed by atoms with Gasteiger partial charge in [-0.1, -0.05) is 29.8 Å². The monoisotopic (exact) mass is 299 g/mol. The van der Waals surface area contributed by atoms with E-state index in [0.717, 1.165) is 0 Å². The molecule has 3 aromatic rings. The second-order valence-corrected chi connectivity index (χ2v) is 4.82.